The van der Waals surface area contributed by atoms with Gasteiger partial charge in [-0.1, -0.05) is 13.0 Å². The Kier molecular flexibility index (Phi) is 4.51. The van der Waals surface area contributed by atoms with E-state index in [-0.39, 0.29) is 5.56 Å². The van der Waals surface area contributed by atoms with Crippen LogP contribution >= 0.6 is 0 Å². The minimum atomic E-state index is -0.536. The largest absolute Gasteiger partial charge is 0.384 e. The predicted octanol–water partition coefficient (Wildman–Crippen LogP) is 3.66. The van der Waals surface area contributed by atoms with E-state index < -0.39 is 5.82 Å². The molecular weight excluding hydrogens is 255 g/mol. The van der Waals surface area contributed by atoms with Gasteiger partial charge in [0.05, 0.1) is 29.5 Å². The fourth-order valence-electron chi connectivity index (χ4n) is 1.77. The zero-order valence-electron chi connectivity index (χ0n) is 11.2. The van der Waals surface area contributed by atoms with Crippen molar-refractivity contribution in [3.05, 3.63) is 48.0 Å². The van der Waals surface area contributed by atoms with Crippen LogP contribution in [0.1, 0.15) is 18.9 Å². The molecule has 1 aromatic heterocycles. The van der Waals surface area contributed by atoms with E-state index in [0.29, 0.717) is 11.4 Å². The van der Waals surface area contributed by atoms with Gasteiger partial charge in [0.25, 0.3) is 0 Å². The average molecular weight is 270 g/mol. The molecular formula is C15H15FN4. The first-order chi connectivity index (χ1) is 9.74. The molecule has 0 amide bonds. The molecule has 4 nitrogen and oxygen atoms in total. The van der Waals surface area contributed by atoms with E-state index in [0.717, 1.165) is 18.7 Å². The summed E-state index contributed by atoms with van der Waals surface area (Å²) in [5.41, 5.74) is 2.02. The Morgan fingerprint density at radius 2 is 2.10 bits per heavy atom. The van der Waals surface area contributed by atoms with Gasteiger partial charge in [0.15, 0.2) is 0 Å². The number of aromatic nitrogens is 1. The molecule has 0 aliphatic carbocycles. The monoisotopic (exact) mass is 270 g/mol. The van der Waals surface area contributed by atoms with Crippen LogP contribution in [0.25, 0.3) is 0 Å². The molecule has 1 aromatic carbocycles. The quantitative estimate of drug-likeness (QED) is 0.870. The number of pyridine rings is 1. The number of nitrogens with zero attached hydrogens (tertiary/aromatic N) is 2. The van der Waals surface area contributed by atoms with Crippen LogP contribution in [0.5, 0.6) is 0 Å². The smallest absolute Gasteiger partial charge is 0.143 e. The lowest BCUT2D eigenvalue weighted by Gasteiger charge is -2.10. The summed E-state index contributed by atoms with van der Waals surface area (Å²) in [5, 5.41) is 15.2. The molecule has 2 aromatic rings. The first kappa shape index (κ1) is 13.8. The predicted molar refractivity (Wildman–Crippen MR) is 77.4 cm³/mol. The minimum Gasteiger partial charge on any atom is -0.384 e. The molecule has 102 valence electrons. The Bertz CT molecular complexity index is 634. The highest BCUT2D eigenvalue weighted by Gasteiger charge is 2.08. The summed E-state index contributed by atoms with van der Waals surface area (Å²) in [6, 6.07) is 8.22. The van der Waals surface area contributed by atoms with E-state index in [1.165, 1.54) is 6.07 Å². The lowest BCUT2D eigenvalue weighted by Crippen LogP contribution is -2.01. The second-order valence-corrected chi connectivity index (χ2v) is 4.29. The van der Waals surface area contributed by atoms with Gasteiger partial charge < -0.3 is 10.6 Å². The number of nitriles is 1. The number of benzene rings is 1. The number of nitrogens with one attached hydrogen (secondary N) is 2. The van der Waals surface area contributed by atoms with Crippen molar-refractivity contribution in [1.29, 1.82) is 5.26 Å². The molecule has 0 aliphatic rings. The van der Waals surface area contributed by atoms with Crippen LogP contribution in [0.3, 0.4) is 0 Å². The summed E-state index contributed by atoms with van der Waals surface area (Å²) in [6.07, 6.45) is 4.36. The fraction of sp³-hybridized carbons (Fsp3) is 0.200. The molecule has 0 saturated carbocycles. The lowest BCUT2D eigenvalue weighted by molar-refractivity contribution is 0.624. The van der Waals surface area contributed by atoms with E-state index in [1.807, 2.05) is 12.1 Å². The molecule has 0 aliphatic heterocycles. The highest BCUT2D eigenvalue weighted by Crippen LogP contribution is 2.23. The Morgan fingerprint density at radius 3 is 2.85 bits per heavy atom. The van der Waals surface area contributed by atoms with Crippen molar-refractivity contribution in [3.8, 4) is 6.07 Å². The van der Waals surface area contributed by atoms with Gasteiger partial charge in [0.2, 0.25) is 0 Å². The third-order valence-corrected chi connectivity index (χ3v) is 2.72. The van der Waals surface area contributed by atoms with Gasteiger partial charge in [0.1, 0.15) is 17.4 Å². The summed E-state index contributed by atoms with van der Waals surface area (Å²) in [6.45, 7) is 2.93. The zero-order chi connectivity index (χ0) is 14.4. The molecule has 0 unspecified atom stereocenters. The van der Waals surface area contributed by atoms with Crippen LogP contribution in [0.15, 0.2) is 36.7 Å². The summed E-state index contributed by atoms with van der Waals surface area (Å²) < 4.78 is 13.5. The number of hydrogen-bond acceptors (Lipinski definition) is 4. The molecule has 0 bridgehead atoms. The van der Waals surface area contributed by atoms with E-state index >= 15 is 0 Å². The summed E-state index contributed by atoms with van der Waals surface area (Å²) in [4.78, 5) is 4.11. The highest BCUT2D eigenvalue weighted by atomic mass is 19.1. The fourth-order valence-corrected chi connectivity index (χ4v) is 1.77. The van der Waals surface area contributed by atoms with Gasteiger partial charge in [-0.05, 0) is 24.6 Å². The van der Waals surface area contributed by atoms with Gasteiger partial charge in [-0.25, -0.2) is 4.39 Å². The second-order valence-electron chi connectivity index (χ2n) is 4.29. The van der Waals surface area contributed by atoms with Gasteiger partial charge >= 0.3 is 0 Å². The first-order valence-corrected chi connectivity index (χ1v) is 6.39. The first-order valence-electron chi connectivity index (χ1n) is 6.39. The van der Waals surface area contributed by atoms with Crippen molar-refractivity contribution < 1.29 is 4.39 Å². The maximum Gasteiger partial charge on any atom is 0.143 e. The molecule has 2 N–H and O–H groups in total. The molecule has 2 rings (SSSR count). The molecule has 0 saturated heterocycles. The van der Waals surface area contributed by atoms with Crippen LogP contribution in [0.4, 0.5) is 21.5 Å². The molecule has 0 radical (unpaired) electrons. The Hall–Kier alpha value is -2.61. The SMILES string of the molecule is CCCNc1cncc(Nc2cccc(F)c2C#N)c1. The highest BCUT2D eigenvalue weighted by molar-refractivity contribution is 5.68. The van der Waals surface area contributed by atoms with Crippen LogP contribution in [0, 0.1) is 17.1 Å². The molecule has 0 spiro atoms. The van der Waals surface area contributed by atoms with E-state index in [9.17, 15) is 4.39 Å². The zero-order valence-corrected chi connectivity index (χ0v) is 11.2. The maximum absolute atomic E-state index is 13.5. The normalized spacial score (nSPS) is 9.85. The molecule has 1 heterocycles. The topological polar surface area (TPSA) is 60.7 Å². The van der Waals surface area contributed by atoms with Gasteiger partial charge in [-0.3, -0.25) is 4.98 Å². The number of halogens is 1. The average Bonchev–Trinajstić information content (AvgIpc) is 2.46. The molecule has 20 heavy (non-hydrogen) atoms. The number of anilines is 3. The number of hydrogen-bond donors (Lipinski definition) is 2. The van der Waals surface area contributed by atoms with Crippen molar-refractivity contribution in [2.45, 2.75) is 13.3 Å². The second kappa shape index (κ2) is 6.53. The Balaban J connectivity index is 2.22. The summed E-state index contributed by atoms with van der Waals surface area (Å²) in [7, 11) is 0. The van der Waals surface area contributed by atoms with Crippen LogP contribution in [0.2, 0.25) is 0 Å². The third kappa shape index (κ3) is 3.23. The number of rotatable bonds is 5. The van der Waals surface area contributed by atoms with Crippen LogP contribution in [-0.2, 0) is 0 Å². The minimum absolute atomic E-state index is 0.000537. The molecule has 0 atom stereocenters. The van der Waals surface area contributed by atoms with Crippen LogP contribution < -0.4 is 10.6 Å². The third-order valence-electron chi connectivity index (χ3n) is 2.72. The lowest BCUT2D eigenvalue weighted by atomic mass is 10.2. The van der Waals surface area contributed by atoms with Crippen LogP contribution in [-0.4, -0.2) is 11.5 Å². The van der Waals surface area contributed by atoms with E-state index in [4.69, 9.17) is 5.26 Å². The van der Waals surface area contributed by atoms with Crippen molar-refractivity contribution >= 4 is 17.1 Å². The van der Waals surface area contributed by atoms with E-state index in [2.05, 4.69) is 22.5 Å². The maximum atomic E-state index is 13.5. The van der Waals surface area contributed by atoms with Crippen molar-refractivity contribution in [2.24, 2.45) is 0 Å². The Morgan fingerprint density at radius 1 is 1.30 bits per heavy atom. The van der Waals surface area contributed by atoms with E-state index in [1.54, 1.807) is 24.5 Å². The standard InChI is InChI=1S/C15H15FN4/c1-2-6-19-11-7-12(10-18-9-11)20-15-5-3-4-14(16)13(15)8-17/h3-5,7,9-10,19-20H,2,6H2,1H3. The van der Waals surface area contributed by atoms with Crippen molar-refractivity contribution in [3.63, 3.8) is 0 Å². The van der Waals surface area contributed by atoms with Crippen molar-refractivity contribution in [1.82, 2.24) is 4.98 Å². The molecule has 0 fully saturated rings. The van der Waals surface area contributed by atoms with Gasteiger partial charge in [-0.15, -0.1) is 0 Å². The summed E-state index contributed by atoms with van der Waals surface area (Å²) in [5.74, 6) is -0.536. The Labute approximate surface area is 117 Å². The van der Waals surface area contributed by atoms with Crippen molar-refractivity contribution in [2.75, 3.05) is 17.2 Å². The molecule has 5 heteroatoms. The van der Waals surface area contributed by atoms with Gasteiger partial charge in [-0.2, -0.15) is 5.26 Å². The summed E-state index contributed by atoms with van der Waals surface area (Å²) >= 11 is 0. The van der Waals surface area contributed by atoms with Gasteiger partial charge in [0, 0.05) is 6.54 Å².